The van der Waals surface area contributed by atoms with Crippen molar-refractivity contribution in [1.82, 2.24) is 19.7 Å². The molecule has 11 nitrogen and oxygen atoms in total. The Morgan fingerprint density at radius 2 is 1.87 bits per heavy atom. The highest BCUT2D eigenvalue weighted by atomic mass is 16.1. The van der Waals surface area contributed by atoms with Crippen LogP contribution in [0.15, 0.2) is 75.8 Å². The summed E-state index contributed by atoms with van der Waals surface area (Å²) in [6.07, 6.45) is 7.01. The Balaban J connectivity index is 1.31. The van der Waals surface area contributed by atoms with Crippen LogP contribution in [0.3, 0.4) is 0 Å². The molecule has 0 spiro atoms. The van der Waals surface area contributed by atoms with Crippen LogP contribution in [0.25, 0.3) is 0 Å². The minimum Gasteiger partial charge on any atom is -0.383 e. The molecule has 0 bridgehead atoms. The maximum absolute atomic E-state index is 13.2. The fourth-order valence-electron chi connectivity index (χ4n) is 5.67. The van der Waals surface area contributed by atoms with Gasteiger partial charge in [0.05, 0.1) is 6.21 Å². The molecule has 1 aromatic heterocycles. The molecule has 3 aliphatic rings. The van der Waals surface area contributed by atoms with Crippen molar-refractivity contribution in [3.05, 3.63) is 77.6 Å². The van der Waals surface area contributed by atoms with Gasteiger partial charge in [0.15, 0.2) is 0 Å². The second-order valence-electron chi connectivity index (χ2n) is 13.1. The number of allylic oxidation sites excluding steroid dienone is 1. The summed E-state index contributed by atoms with van der Waals surface area (Å²) in [6, 6.07) is 10.1. The fraction of sp³-hybridized carbons (Fsp3) is 0.441. The first-order valence-electron chi connectivity index (χ1n) is 15.6. The van der Waals surface area contributed by atoms with Gasteiger partial charge in [0.2, 0.25) is 5.96 Å². The number of pyridine rings is 1. The monoisotopic (exact) mass is 610 g/mol. The number of nitrogens with one attached hydrogen (secondary N) is 2. The van der Waals surface area contributed by atoms with Crippen molar-refractivity contribution < 1.29 is 4.79 Å². The highest BCUT2D eigenvalue weighted by molar-refractivity contribution is 6.41. The van der Waals surface area contributed by atoms with Crippen LogP contribution in [-0.2, 0) is 5.41 Å². The lowest BCUT2D eigenvalue weighted by Crippen LogP contribution is -2.58. The topological polar surface area (TPSA) is 127 Å². The molecule has 5 rings (SSSR count). The maximum atomic E-state index is 13.2. The second-order valence-corrected chi connectivity index (χ2v) is 13.1. The Labute approximate surface area is 266 Å². The molecule has 2 aromatic rings. The number of likely N-dealkylation sites (N-methyl/N-ethyl adjacent to an activating group) is 1. The van der Waals surface area contributed by atoms with E-state index in [1.54, 1.807) is 30.6 Å². The van der Waals surface area contributed by atoms with Crippen LogP contribution in [0.1, 0.15) is 55.2 Å². The van der Waals surface area contributed by atoms with Crippen LogP contribution < -0.4 is 16.4 Å². The number of aromatic nitrogens is 1. The van der Waals surface area contributed by atoms with Gasteiger partial charge in [-0.3, -0.25) is 19.7 Å². The summed E-state index contributed by atoms with van der Waals surface area (Å²) in [7, 11) is 4.22. The van der Waals surface area contributed by atoms with Crippen molar-refractivity contribution in [3.63, 3.8) is 0 Å². The second kappa shape index (κ2) is 13.3. The summed E-state index contributed by atoms with van der Waals surface area (Å²) >= 11 is 0. The lowest BCUT2D eigenvalue weighted by atomic mass is 9.84. The van der Waals surface area contributed by atoms with Crippen LogP contribution in [0, 0.1) is 6.92 Å². The zero-order chi connectivity index (χ0) is 32.3. The summed E-state index contributed by atoms with van der Waals surface area (Å²) in [5.41, 5.74) is 11.2. The average molecular weight is 611 g/mol. The molecule has 1 aromatic carbocycles. The lowest BCUT2D eigenvalue weighted by molar-refractivity contribution is 0.0348. The number of anilines is 2. The molecule has 45 heavy (non-hydrogen) atoms. The van der Waals surface area contributed by atoms with E-state index in [-0.39, 0.29) is 11.3 Å². The number of amides is 1. The van der Waals surface area contributed by atoms with E-state index < -0.39 is 0 Å². The first-order chi connectivity index (χ1) is 21.4. The summed E-state index contributed by atoms with van der Waals surface area (Å²) < 4.78 is 0. The van der Waals surface area contributed by atoms with Crippen molar-refractivity contribution in [1.29, 1.82) is 0 Å². The molecule has 1 aliphatic carbocycles. The minimum atomic E-state index is -0.230. The van der Waals surface area contributed by atoms with Crippen LogP contribution in [0.2, 0.25) is 0 Å². The van der Waals surface area contributed by atoms with Gasteiger partial charge in [-0.2, -0.15) is 0 Å². The van der Waals surface area contributed by atoms with E-state index in [0.29, 0.717) is 52.2 Å². The fourth-order valence-corrected chi connectivity index (χ4v) is 5.67. The Morgan fingerprint density at radius 1 is 1.13 bits per heavy atom. The van der Waals surface area contributed by atoms with Gasteiger partial charge < -0.3 is 26.2 Å². The predicted molar refractivity (Wildman–Crippen MR) is 184 cm³/mol. The molecule has 4 N–H and O–H groups in total. The van der Waals surface area contributed by atoms with E-state index in [0.717, 1.165) is 50.3 Å². The number of aryl methyl sites for hydroxylation is 1. The molecular weight excluding hydrogens is 564 g/mol. The van der Waals surface area contributed by atoms with E-state index >= 15 is 0 Å². The van der Waals surface area contributed by atoms with Gasteiger partial charge in [-0.15, -0.1) is 0 Å². The van der Waals surface area contributed by atoms with Crippen LogP contribution in [0.4, 0.5) is 11.4 Å². The number of aliphatic imine (C=N–C) groups is 3. The highest BCUT2D eigenvalue weighted by Crippen LogP contribution is 2.31. The third-order valence-corrected chi connectivity index (χ3v) is 8.80. The van der Waals surface area contributed by atoms with E-state index in [1.165, 1.54) is 6.20 Å². The molecule has 11 heteroatoms. The molecule has 0 unspecified atom stereocenters. The Kier molecular flexibility index (Phi) is 9.50. The number of guanidine groups is 1. The SMILES string of the molecule is C=C/N=C1/C=NC(N(C)C2CC(N3CCN(C)CC3)C2)=N/C1=C(/N)Nc1cc(C(=O)Nc2ccnc(C(C)(C)C)c2)ccc1C. The van der Waals surface area contributed by atoms with E-state index in [4.69, 9.17) is 10.7 Å². The van der Waals surface area contributed by atoms with Crippen molar-refractivity contribution in [2.75, 3.05) is 50.9 Å². The van der Waals surface area contributed by atoms with Gasteiger partial charge in [-0.1, -0.05) is 33.4 Å². The van der Waals surface area contributed by atoms with Crippen molar-refractivity contribution in [3.8, 4) is 0 Å². The van der Waals surface area contributed by atoms with Gasteiger partial charge in [0, 0.05) is 85.8 Å². The summed E-state index contributed by atoms with van der Waals surface area (Å²) in [6.45, 7) is 16.5. The van der Waals surface area contributed by atoms with Crippen molar-refractivity contribution >= 4 is 35.2 Å². The largest absolute Gasteiger partial charge is 0.383 e. The molecule has 0 atom stereocenters. The van der Waals surface area contributed by atoms with Gasteiger partial charge in [-0.05, 0) is 56.6 Å². The first kappa shape index (κ1) is 32.1. The number of hydrogen-bond donors (Lipinski definition) is 3. The van der Waals surface area contributed by atoms with Crippen LogP contribution in [-0.4, -0.2) is 95.8 Å². The third-order valence-electron chi connectivity index (χ3n) is 8.80. The molecule has 1 amide bonds. The Bertz CT molecular complexity index is 1550. The number of piperazine rings is 1. The van der Waals surface area contributed by atoms with Crippen molar-refractivity contribution in [2.24, 2.45) is 20.7 Å². The van der Waals surface area contributed by atoms with Crippen LogP contribution in [0.5, 0.6) is 0 Å². The molecular formula is C34H46N10O. The molecule has 238 valence electrons. The number of carbonyl (C=O) groups is 1. The van der Waals surface area contributed by atoms with Crippen molar-refractivity contribution in [2.45, 2.75) is 58.0 Å². The summed E-state index contributed by atoms with van der Waals surface area (Å²) in [4.78, 5) is 38.6. The van der Waals surface area contributed by atoms with E-state index in [1.807, 2.05) is 26.1 Å². The van der Waals surface area contributed by atoms with E-state index in [9.17, 15) is 4.79 Å². The van der Waals surface area contributed by atoms with Gasteiger partial charge in [0.25, 0.3) is 5.91 Å². The molecule has 2 fully saturated rings. The minimum absolute atomic E-state index is 0.133. The average Bonchev–Trinajstić information content (AvgIpc) is 2.98. The molecule has 1 saturated carbocycles. The highest BCUT2D eigenvalue weighted by Gasteiger charge is 2.38. The molecule has 2 aliphatic heterocycles. The molecule has 1 saturated heterocycles. The Morgan fingerprint density at radius 3 is 2.56 bits per heavy atom. The standard InChI is InChI=1S/C34H46N10O/c1-8-36-28-21-38-33(43(7)25-19-26(20-25)44-15-13-42(6)14-16-44)41-30(28)31(35)40-27-17-23(10-9-22(27)2)32(45)39-24-11-12-37-29(18-24)34(3,4)5/h8-12,17-18,21,25-26,40H,1,13-16,19-20,35H2,2-7H3,(H,37,39,45)/b31-30-,36-28-. The van der Waals surface area contributed by atoms with Gasteiger partial charge >= 0.3 is 0 Å². The third kappa shape index (κ3) is 7.49. The zero-order valence-electron chi connectivity index (χ0n) is 27.3. The maximum Gasteiger partial charge on any atom is 0.255 e. The quantitative estimate of drug-likeness (QED) is 0.429. The number of nitrogens with two attached hydrogens (primary N) is 1. The molecule has 0 radical (unpaired) electrons. The number of nitrogens with zero attached hydrogens (tertiary/aromatic N) is 7. The number of hydrogen-bond acceptors (Lipinski definition) is 10. The smallest absolute Gasteiger partial charge is 0.255 e. The lowest BCUT2D eigenvalue weighted by Gasteiger charge is -2.48. The van der Waals surface area contributed by atoms with Gasteiger partial charge in [-0.25, -0.2) is 9.98 Å². The number of benzene rings is 1. The summed E-state index contributed by atoms with van der Waals surface area (Å²) in [5, 5.41) is 6.27. The number of carbonyl (C=O) groups excluding carboxylic acids is 1. The van der Waals surface area contributed by atoms with Crippen LogP contribution >= 0.6 is 0 Å². The predicted octanol–water partition coefficient (Wildman–Crippen LogP) is 4.21. The normalized spacial score (nSPS) is 22.8. The van der Waals surface area contributed by atoms with E-state index in [2.05, 4.69) is 74.7 Å². The Hall–Kier alpha value is -4.35. The number of rotatable bonds is 7. The first-order valence-corrected chi connectivity index (χ1v) is 15.6. The molecule has 3 heterocycles. The van der Waals surface area contributed by atoms with Gasteiger partial charge in [0.1, 0.15) is 17.2 Å². The summed E-state index contributed by atoms with van der Waals surface area (Å²) in [5.74, 6) is 0.670. The zero-order valence-corrected chi connectivity index (χ0v) is 27.3.